The third-order valence-corrected chi connectivity index (χ3v) is 10.7. The standard InChI is InChI=1S/C48H68O8/c1-3-45(49)53-37-21-17-13-9-5-7-11-15-19-23-39-25-29-41(30-26-39)47(51)56-44-35-31-42(32-36-44)48(52)55-43-33-27-40(28-34-43)24-20-16-12-8-6-10-14-18-22-38-54-46(50)4-2/h3-4,25-30,33-34,42,44H,1-2,5-24,31-32,35-38H2. The molecule has 0 spiro atoms. The number of carbonyl (C=O) groups is 4. The molecule has 0 amide bonds. The van der Waals surface area contributed by atoms with Gasteiger partial charge in [0.05, 0.1) is 24.7 Å². The highest BCUT2D eigenvalue weighted by molar-refractivity contribution is 5.89. The van der Waals surface area contributed by atoms with E-state index < -0.39 is 0 Å². The molecule has 1 fully saturated rings. The van der Waals surface area contributed by atoms with Crippen LogP contribution >= 0.6 is 0 Å². The van der Waals surface area contributed by atoms with Crippen molar-refractivity contribution in [3.05, 3.63) is 90.5 Å². The minimum atomic E-state index is -0.342. The number of carbonyl (C=O) groups excluding carboxylic acids is 4. The van der Waals surface area contributed by atoms with Crippen LogP contribution in [0.1, 0.15) is 163 Å². The Morgan fingerprint density at radius 3 is 1.34 bits per heavy atom. The summed E-state index contributed by atoms with van der Waals surface area (Å²) in [5.74, 6) is -0.781. The van der Waals surface area contributed by atoms with Crippen molar-refractivity contribution in [1.29, 1.82) is 0 Å². The molecule has 2 aromatic rings. The number of unbranched alkanes of at least 4 members (excludes halogenated alkanes) is 16. The van der Waals surface area contributed by atoms with Crippen LogP contribution in [0.25, 0.3) is 0 Å². The fraction of sp³-hybridized carbons (Fsp3) is 0.583. The van der Waals surface area contributed by atoms with Crippen LogP contribution in [0, 0.1) is 5.92 Å². The number of rotatable bonds is 30. The van der Waals surface area contributed by atoms with E-state index >= 15 is 0 Å². The van der Waals surface area contributed by atoms with Crippen LogP contribution in [0.2, 0.25) is 0 Å². The molecule has 0 heterocycles. The molecular weight excluding hydrogens is 705 g/mol. The first-order valence-corrected chi connectivity index (χ1v) is 21.6. The van der Waals surface area contributed by atoms with Gasteiger partial charge >= 0.3 is 23.9 Å². The Bertz CT molecular complexity index is 1420. The molecule has 0 bridgehead atoms. The first-order chi connectivity index (χ1) is 27.4. The molecule has 56 heavy (non-hydrogen) atoms. The molecule has 8 heteroatoms. The van der Waals surface area contributed by atoms with E-state index in [-0.39, 0.29) is 35.9 Å². The van der Waals surface area contributed by atoms with Crippen LogP contribution in [0.3, 0.4) is 0 Å². The topological polar surface area (TPSA) is 105 Å². The first kappa shape index (κ1) is 46.2. The first-order valence-electron chi connectivity index (χ1n) is 21.6. The van der Waals surface area contributed by atoms with Crippen LogP contribution in [0.4, 0.5) is 0 Å². The molecule has 0 aromatic heterocycles. The Morgan fingerprint density at radius 1 is 0.518 bits per heavy atom. The summed E-state index contributed by atoms with van der Waals surface area (Å²) in [6.45, 7) is 7.77. The third kappa shape index (κ3) is 20.6. The zero-order chi connectivity index (χ0) is 40.1. The molecular formula is C48H68O8. The lowest BCUT2D eigenvalue weighted by Crippen LogP contribution is -2.30. The molecule has 0 atom stereocenters. The van der Waals surface area contributed by atoms with E-state index in [2.05, 4.69) is 25.3 Å². The lowest BCUT2D eigenvalue weighted by molar-refractivity contribution is -0.141. The van der Waals surface area contributed by atoms with Gasteiger partial charge in [0, 0.05) is 12.2 Å². The average molecular weight is 773 g/mol. The van der Waals surface area contributed by atoms with Crippen molar-refractivity contribution < 1.29 is 38.1 Å². The maximum absolute atomic E-state index is 12.9. The number of aryl methyl sites for hydroxylation is 2. The smallest absolute Gasteiger partial charge is 0.338 e. The fourth-order valence-electron chi connectivity index (χ4n) is 7.17. The van der Waals surface area contributed by atoms with E-state index in [1.165, 1.54) is 100 Å². The van der Waals surface area contributed by atoms with E-state index in [1.54, 1.807) is 0 Å². The highest BCUT2D eigenvalue weighted by Gasteiger charge is 2.30. The molecule has 1 aliphatic carbocycles. The summed E-state index contributed by atoms with van der Waals surface area (Å²) in [6, 6.07) is 15.7. The van der Waals surface area contributed by atoms with Crippen LogP contribution in [-0.2, 0) is 41.4 Å². The fourth-order valence-corrected chi connectivity index (χ4v) is 7.17. The largest absolute Gasteiger partial charge is 0.463 e. The highest BCUT2D eigenvalue weighted by atomic mass is 16.5. The van der Waals surface area contributed by atoms with Gasteiger partial charge in [0.15, 0.2) is 0 Å². The molecule has 8 nitrogen and oxygen atoms in total. The van der Waals surface area contributed by atoms with Gasteiger partial charge in [0.1, 0.15) is 11.9 Å². The van der Waals surface area contributed by atoms with Gasteiger partial charge in [0.25, 0.3) is 0 Å². The van der Waals surface area contributed by atoms with Crippen molar-refractivity contribution in [2.75, 3.05) is 13.2 Å². The van der Waals surface area contributed by atoms with Gasteiger partial charge in [-0.25, -0.2) is 14.4 Å². The van der Waals surface area contributed by atoms with Crippen LogP contribution < -0.4 is 4.74 Å². The molecule has 2 aromatic carbocycles. The second kappa shape index (κ2) is 29.1. The number of esters is 4. The van der Waals surface area contributed by atoms with Gasteiger partial charge in [-0.15, -0.1) is 0 Å². The normalized spacial score (nSPS) is 15.1. The number of hydrogen-bond acceptors (Lipinski definition) is 8. The molecule has 308 valence electrons. The van der Waals surface area contributed by atoms with Gasteiger partial charge < -0.3 is 18.9 Å². The van der Waals surface area contributed by atoms with E-state index in [9.17, 15) is 19.2 Å². The lowest BCUT2D eigenvalue weighted by atomic mass is 9.87. The van der Waals surface area contributed by atoms with Gasteiger partial charge in [-0.3, -0.25) is 4.79 Å². The Balaban J connectivity index is 1.18. The third-order valence-electron chi connectivity index (χ3n) is 10.7. The zero-order valence-corrected chi connectivity index (χ0v) is 34.0. The van der Waals surface area contributed by atoms with Crippen molar-refractivity contribution in [3.8, 4) is 5.75 Å². The summed E-state index contributed by atoms with van der Waals surface area (Å²) in [5, 5.41) is 0. The Kier molecular flexibility index (Phi) is 24.0. The van der Waals surface area contributed by atoms with E-state index in [1.807, 2.05) is 36.4 Å². The molecule has 0 unspecified atom stereocenters. The zero-order valence-electron chi connectivity index (χ0n) is 34.0. The van der Waals surface area contributed by atoms with Crippen LogP contribution in [0.15, 0.2) is 73.8 Å². The summed E-state index contributed by atoms with van der Waals surface area (Å²) in [7, 11) is 0. The summed E-state index contributed by atoms with van der Waals surface area (Å²) in [5.41, 5.74) is 3.07. The van der Waals surface area contributed by atoms with Crippen molar-refractivity contribution in [1.82, 2.24) is 0 Å². The van der Waals surface area contributed by atoms with Crippen molar-refractivity contribution in [2.24, 2.45) is 5.92 Å². The van der Waals surface area contributed by atoms with Gasteiger partial charge in [-0.1, -0.05) is 127 Å². The highest BCUT2D eigenvalue weighted by Crippen LogP contribution is 2.29. The second-order valence-electron chi connectivity index (χ2n) is 15.2. The van der Waals surface area contributed by atoms with E-state index in [0.717, 1.165) is 51.4 Å². The number of benzene rings is 2. The summed E-state index contributed by atoms with van der Waals surface area (Å²) < 4.78 is 21.6. The van der Waals surface area contributed by atoms with Gasteiger partial charge in [-0.2, -0.15) is 0 Å². The van der Waals surface area contributed by atoms with Crippen molar-refractivity contribution in [2.45, 2.75) is 160 Å². The minimum absolute atomic E-state index is 0.181. The van der Waals surface area contributed by atoms with E-state index in [0.29, 0.717) is 50.2 Å². The minimum Gasteiger partial charge on any atom is -0.463 e. The Hall–Kier alpha value is -4.20. The lowest BCUT2D eigenvalue weighted by Gasteiger charge is -2.27. The molecule has 3 rings (SSSR count). The Morgan fingerprint density at radius 2 is 0.911 bits per heavy atom. The van der Waals surface area contributed by atoms with Crippen LogP contribution in [0.5, 0.6) is 5.75 Å². The molecule has 0 aliphatic heterocycles. The maximum atomic E-state index is 12.9. The van der Waals surface area contributed by atoms with Gasteiger partial charge in [-0.05, 0) is 99.6 Å². The predicted molar refractivity (Wildman–Crippen MR) is 223 cm³/mol. The number of hydrogen-bond donors (Lipinski definition) is 0. The van der Waals surface area contributed by atoms with Crippen LogP contribution in [-0.4, -0.2) is 43.2 Å². The second-order valence-corrected chi connectivity index (χ2v) is 15.2. The van der Waals surface area contributed by atoms with Gasteiger partial charge in [0.2, 0.25) is 0 Å². The molecule has 0 radical (unpaired) electrons. The monoisotopic (exact) mass is 772 g/mol. The average Bonchev–Trinajstić information content (AvgIpc) is 3.22. The predicted octanol–water partition coefficient (Wildman–Crippen LogP) is 11.6. The maximum Gasteiger partial charge on any atom is 0.338 e. The van der Waals surface area contributed by atoms with Crippen molar-refractivity contribution in [3.63, 3.8) is 0 Å². The molecule has 0 saturated heterocycles. The molecule has 1 saturated carbocycles. The summed E-state index contributed by atoms with van der Waals surface area (Å²) in [4.78, 5) is 47.8. The molecule has 0 N–H and O–H groups in total. The summed E-state index contributed by atoms with van der Waals surface area (Å²) >= 11 is 0. The number of ether oxygens (including phenoxy) is 4. The van der Waals surface area contributed by atoms with Crippen molar-refractivity contribution >= 4 is 23.9 Å². The Labute approximate surface area is 336 Å². The summed E-state index contributed by atoms with van der Waals surface area (Å²) in [6.07, 6.45) is 27.9. The quantitative estimate of drug-likeness (QED) is 0.0254. The SMILES string of the molecule is C=CC(=O)OCCCCCCCCCCCc1ccc(OC(=O)C2CCC(OC(=O)c3ccc(CCCCCCCCCCCOC(=O)C=C)cc3)CC2)cc1. The molecule has 1 aliphatic rings. The van der Waals surface area contributed by atoms with E-state index in [4.69, 9.17) is 18.9 Å².